The Hall–Kier alpha value is -5.19. The lowest BCUT2D eigenvalue weighted by molar-refractivity contribution is -0.143. The van der Waals surface area contributed by atoms with Crippen LogP contribution in [0.3, 0.4) is 0 Å². The molecule has 0 saturated carbocycles. The Balaban J connectivity index is 0.000000262. The molecule has 0 atom stereocenters. The number of methoxy groups -OCH3 is 1. The summed E-state index contributed by atoms with van der Waals surface area (Å²) in [5.74, 6) is -1.79. The fourth-order valence-electron chi connectivity index (χ4n) is 4.79. The molecule has 0 unspecified atom stereocenters. The predicted octanol–water partition coefficient (Wildman–Crippen LogP) is 9.82. The van der Waals surface area contributed by atoms with Crippen LogP contribution in [0, 0.1) is 11.6 Å². The minimum absolute atomic E-state index is 0.0174. The average Bonchev–Trinajstić information content (AvgIpc) is 3.18. The number of amides is 2. The van der Waals surface area contributed by atoms with Crippen molar-refractivity contribution in [2.24, 2.45) is 0 Å². The number of thioether (sulfide) groups is 1. The fourth-order valence-corrected chi connectivity index (χ4v) is 7.32. The van der Waals surface area contributed by atoms with Crippen molar-refractivity contribution < 1.29 is 50.6 Å². The Labute approximate surface area is 351 Å². The van der Waals surface area contributed by atoms with Gasteiger partial charge in [0, 0.05) is 68.8 Å². The number of anilines is 2. The van der Waals surface area contributed by atoms with E-state index in [4.69, 9.17) is 48.1 Å². The minimum Gasteiger partial charge on any atom is -0.497 e. The normalized spacial score (nSPS) is 10.8. The second-order valence-electron chi connectivity index (χ2n) is 11.9. The fraction of sp³-hybridized carbons (Fsp3) is 0.150. The van der Waals surface area contributed by atoms with Crippen molar-refractivity contribution in [2.45, 2.75) is 42.6 Å². The van der Waals surface area contributed by atoms with Crippen molar-refractivity contribution >= 4 is 89.8 Å². The van der Waals surface area contributed by atoms with Gasteiger partial charge in [-0.15, -0.1) is 11.8 Å². The highest BCUT2D eigenvalue weighted by Crippen LogP contribution is 2.30. The Kier molecular flexibility index (Phi) is 16.5. The first-order chi connectivity index (χ1) is 27.4. The summed E-state index contributed by atoms with van der Waals surface area (Å²) in [6.07, 6.45) is 0. The molecule has 58 heavy (non-hydrogen) atoms. The van der Waals surface area contributed by atoms with E-state index in [9.17, 15) is 36.4 Å². The van der Waals surface area contributed by atoms with Gasteiger partial charge in [-0.1, -0.05) is 47.5 Å². The lowest BCUT2D eigenvalue weighted by atomic mass is 10.1. The second kappa shape index (κ2) is 21.0. The van der Waals surface area contributed by atoms with Gasteiger partial charge in [-0.2, -0.15) is 0 Å². The van der Waals surface area contributed by atoms with Gasteiger partial charge in [-0.3, -0.25) is 19.2 Å². The van der Waals surface area contributed by atoms with Crippen LogP contribution in [0.2, 0.25) is 10.0 Å². The molecule has 18 heteroatoms. The lowest BCUT2D eigenvalue weighted by Crippen LogP contribution is -2.13. The number of benzene rings is 5. The number of ether oxygens (including phenoxy) is 3. The van der Waals surface area contributed by atoms with Crippen molar-refractivity contribution in [3.63, 3.8) is 0 Å². The first-order valence-corrected chi connectivity index (χ1v) is 20.7. The highest BCUT2D eigenvalue weighted by molar-refractivity contribution is 8.13. The molecule has 0 saturated heterocycles. The van der Waals surface area contributed by atoms with Crippen LogP contribution in [-0.2, 0) is 47.1 Å². The van der Waals surface area contributed by atoms with Gasteiger partial charge in [-0.05, 0) is 78.4 Å². The zero-order chi connectivity index (χ0) is 42.6. The number of rotatable bonds is 13. The van der Waals surface area contributed by atoms with E-state index >= 15 is 0 Å². The third-order valence-corrected chi connectivity index (χ3v) is 10.8. The number of hydrogen-bond acceptors (Lipinski definition) is 10. The van der Waals surface area contributed by atoms with E-state index in [1.54, 1.807) is 25.3 Å². The highest BCUT2D eigenvalue weighted by atomic mass is 35.7. The monoisotopic (exact) mass is 892 g/mol. The molecular formula is C40H33Cl3F2N2O9S2. The van der Waals surface area contributed by atoms with Crippen LogP contribution >= 0.6 is 45.6 Å². The predicted molar refractivity (Wildman–Crippen MR) is 218 cm³/mol. The maximum absolute atomic E-state index is 13.4. The summed E-state index contributed by atoms with van der Waals surface area (Å²) in [5.41, 5.74) is 2.99. The second-order valence-corrected chi connectivity index (χ2v) is 16.3. The zero-order valence-corrected chi connectivity index (χ0v) is 34.6. The molecule has 0 aliphatic rings. The zero-order valence-electron chi connectivity index (χ0n) is 30.7. The minimum atomic E-state index is -4.19. The summed E-state index contributed by atoms with van der Waals surface area (Å²) >= 11 is 13.0. The molecule has 11 nitrogen and oxygen atoms in total. The maximum Gasteiger partial charge on any atom is 0.302 e. The molecule has 0 aliphatic heterocycles. The molecular weight excluding hydrogens is 861 g/mol. The standard InChI is InChI=1S/C24H21ClFNO4S.C16H12Cl2FNO5S/c1-15(28)31-13-18-6-5-17(24(29)27-19-7-10-22(26)21(25)12-19)11-23(18)32-14-16-3-8-20(30-2)9-4-16;1-9(21)25-8-11-3-2-10(6-15(11)26(18,23)24)16(22)20-12-4-5-14(19)13(17)7-12/h3-12H,13-14H2,1-2H3,(H,27,29);2-7H,8H2,1H3,(H,20,22). The third kappa shape index (κ3) is 13.7. The Morgan fingerprint density at radius 3 is 1.62 bits per heavy atom. The SMILES string of the molecule is CC(=O)OCc1ccc(C(=O)Nc2ccc(F)c(Cl)c2)cc1S(=O)(=O)Cl.COc1ccc(CSc2cc(C(=O)Nc3ccc(F)c(Cl)c3)ccc2COC(C)=O)cc1. The topological polar surface area (TPSA) is 154 Å². The summed E-state index contributed by atoms with van der Waals surface area (Å²) < 4.78 is 65.1. The van der Waals surface area contributed by atoms with Crippen molar-refractivity contribution in [3.05, 3.63) is 147 Å². The van der Waals surface area contributed by atoms with Crippen LogP contribution < -0.4 is 15.4 Å². The van der Waals surface area contributed by atoms with Gasteiger partial charge >= 0.3 is 11.9 Å². The first kappa shape index (κ1) is 45.5. The van der Waals surface area contributed by atoms with E-state index in [1.807, 2.05) is 24.3 Å². The number of nitrogens with one attached hydrogen (secondary N) is 2. The van der Waals surface area contributed by atoms with E-state index in [-0.39, 0.29) is 56.8 Å². The molecule has 5 rings (SSSR count). The van der Waals surface area contributed by atoms with Crippen LogP contribution in [-0.4, -0.2) is 39.3 Å². The quantitative estimate of drug-likeness (QED) is 0.0663. The Morgan fingerprint density at radius 1 is 0.672 bits per heavy atom. The number of carbonyl (C=O) groups excluding carboxylic acids is 4. The summed E-state index contributed by atoms with van der Waals surface area (Å²) in [6, 6.07) is 24.1. The molecule has 0 aromatic heterocycles. The van der Waals surface area contributed by atoms with Crippen LogP contribution in [0.4, 0.5) is 20.2 Å². The number of halogens is 5. The Morgan fingerprint density at radius 2 is 1.16 bits per heavy atom. The molecule has 0 fully saturated rings. The molecule has 304 valence electrons. The van der Waals surface area contributed by atoms with Gasteiger partial charge in [0.25, 0.3) is 20.9 Å². The molecule has 0 bridgehead atoms. The number of esters is 2. The van der Waals surface area contributed by atoms with Crippen molar-refractivity contribution in [1.82, 2.24) is 0 Å². The van der Waals surface area contributed by atoms with Crippen LogP contribution in [0.15, 0.2) is 107 Å². The van der Waals surface area contributed by atoms with E-state index < -0.39 is 32.6 Å². The number of carbonyl (C=O) groups is 4. The van der Waals surface area contributed by atoms with Crippen molar-refractivity contribution in [2.75, 3.05) is 17.7 Å². The van der Waals surface area contributed by atoms with Crippen molar-refractivity contribution in [3.8, 4) is 5.75 Å². The molecule has 5 aromatic rings. The molecule has 2 N–H and O–H groups in total. The number of hydrogen-bond donors (Lipinski definition) is 2. The summed E-state index contributed by atoms with van der Waals surface area (Å²) in [7, 11) is 2.82. The smallest absolute Gasteiger partial charge is 0.302 e. The van der Waals surface area contributed by atoms with E-state index in [0.717, 1.165) is 33.9 Å². The van der Waals surface area contributed by atoms with Gasteiger partial charge in [0.2, 0.25) is 0 Å². The van der Waals surface area contributed by atoms with Crippen LogP contribution in [0.25, 0.3) is 0 Å². The van der Waals surface area contributed by atoms with Crippen molar-refractivity contribution in [1.29, 1.82) is 0 Å². The average molecular weight is 894 g/mol. The summed E-state index contributed by atoms with van der Waals surface area (Å²) in [6.45, 7) is 2.31. The largest absolute Gasteiger partial charge is 0.497 e. The highest BCUT2D eigenvalue weighted by Gasteiger charge is 2.20. The van der Waals surface area contributed by atoms with Crippen LogP contribution in [0.5, 0.6) is 5.75 Å². The van der Waals surface area contributed by atoms with Gasteiger partial charge in [-0.25, -0.2) is 17.2 Å². The summed E-state index contributed by atoms with van der Waals surface area (Å²) in [4.78, 5) is 47.6. The van der Waals surface area contributed by atoms with E-state index in [1.165, 1.54) is 68.1 Å². The summed E-state index contributed by atoms with van der Waals surface area (Å²) in [5, 5.41) is 4.92. The Bertz CT molecular complexity index is 2440. The molecule has 0 aliphatic carbocycles. The van der Waals surface area contributed by atoms with E-state index in [2.05, 4.69) is 10.6 Å². The van der Waals surface area contributed by atoms with Crippen LogP contribution in [0.1, 0.15) is 51.3 Å². The van der Waals surface area contributed by atoms with E-state index in [0.29, 0.717) is 17.0 Å². The maximum atomic E-state index is 13.4. The lowest BCUT2D eigenvalue weighted by Gasteiger charge is -2.13. The van der Waals surface area contributed by atoms with Gasteiger partial charge in [0.05, 0.1) is 22.1 Å². The van der Waals surface area contributed by atoms with Gasteiger partial charge < -0.3 is 24.8 Å². The first-order valence-electron chi connectivity index (χ1n) is 16.7. The molecule has 0 radical (unpaired) electrons. The third-order valence-electron chi connectivity index (χ3n) is 7.69. The molecule has 2 amide bonds. The van der Waals surface area contributed by atoms with Gasteiger partial charge in [0.1, 0.15) is 30.6 Å². The van der Waals surface area contributed by atoms with Gasteiger partial charge in [0.15, 0.2) is 0 Å². The molecule has 5 aromatic carbocycles. The molecule has 0 spiro atoms. The molecule has 0 heterocycles.